The smallest absolute Gasteiger partial charge is 0.393 e. The molecule has 5 nitrogen and oxygen atoms in total. The number of fused-ring (bicyclic) bond motifs is 5. The molecule has 0 radical (unpaired) electrons. The molecule has 0 saturated heterocycles. The van der Waals surface area contributed by atoms with Crippen molar-refractivity contribution in [3.8, 4) is 0 Å². The molecule has 0 spiro atoms. The van der Waals surface area contributed by atoms with E-state index in [4.69, 9.17) is 8.74 Å². The van der Waals surface area contributed by atoms with Crippen molar-refractivity contribution >= 4 is 10.4 Å². The Morgan fingerprint density at radius 1 is 0.920 bits per heavy atom. The minimum absolute atomic E-state index is 0.123. The lowest BCUT2D eigenvalue weighted by molar-refractivity contribution is -0.131. The maximum Gasteiger partial charge on any atom is 0.397 e. The van der Waals surface area contributed by atoms with Crippen molar-refractivity contribution in [2.24, 2.45) is 34.5 Å². The normalized spacial score (nSPS) is 53.0. The van der Waals surface area contributed by atoms with Gasteiger partial charge in [-0.15, -0.1) is 0 Å². The van der Waals surface area contributed by atoms with E-state index in [1.807, 2.05) is 0 Å². The molecule has 0 bridgehead atoms. The summed E-state index contributed by atoms with van der Waals surface area (Å²) in [4.78, 5) is 0. The van der Waals surface area contributed by atoms with Crippen LogP contribution in [0.4, 0.5) is 0 Å². The molecular weight excluding hydrogens is 340 g/mol. The van der Waals surface area contributed by atoms with Gasteiger partial charge >= 0.3 is 10.4 Å². The Balaban J connectivity index is 1.58. The molecule has 0 aromatic rings. The van der Waals surface area contributed by atoms with Crippen LogP contribution in [-0.2, 0) is 14.6 Å². The fourth-order valence-electron chi connectivity index (χ4n) is 7.49. The van der Waals surface area contributed by atoms with E-state index in [0.29, 0.717) is 29.1 Å². The summed E-state index contributed by atoms with van der Waals surface area (Å²) in [5, 5.41) is 10.1. The highest BCUT2D eigenvalue weighted by Gasteiger charge is 2.61. The van der Waals surface area contributed by atoms with E-state index in [1.54, 1.807) is 0 Å². The van der Waals surface area contributed by atoms with Gasteiger partial charge in [0.25, 0.3) is 0 Å². The number of hydrogen-bond donors (Lipinski definition) is 2. The highest BCUT2D eigenvalue weighted by molar-refractivity contribution is 7.80. The fraction of sp³-hybridized carbons (Fsp3) is 1.00. The summed E-state index contributed by atoms with van der Waals surface area (Å²) in [6.07, 6.45) is 8.69. The van der Waals surface area contributed by atoms with Gasteiger partial charge in [-0.25, -0.2) is 4.18 Å². The number of aliphatic hydroxyl groups is 1. The zero-order valence-corrected chi connectivity index (χ0v) is 16.2. The molecule has 4 rings (SSSR count). The molecule has 2 N–H and O–H groups in total. The van der Waals surface area contributed by atoms with Gasteiger partial charge in [0.15, 0.2) is 0 Å². The van der Waals surface area contributed by atoms with Gasteiger partial charge in [-0.05, 0) is 92.3 Å². The van der Waals surface area contributed by atoms with Gasteiger partial charge < -0.3 is 5.11 Å². The molecule has 0 aliphatic heterocycles. The molecule has 144 valence electrons. The molecule has 0 unspecified atom stereocenters. The van der Waals surface area contributed by atoms with Crippen molar-refractivity contribution in [3.05, 3.63) is 0 Å². The second kappa shape index (κ2) is 5.91. The largest absolute Gasteiger partial charge is 0.397 e. The first-order valence-corrected chi connectivity index (χ1v) is 11.3. The first-order valence-electron chi connectivity index (χ1n) is 9.97. The quantitative estimate of drug-likeness (QED) is 0.724. The van der Waals surface area contributed by atoms with E-state index in [1.165, 1.54) is 12.8 Å². The second-order valence-corrected chi connectivity index (χ2v) is 10.8. The summed E-state index contributed by atoms with van der Waals surface area (Å²) >= 11 is 0. The average Bonchev–Trinajstić information content (AvgIpc) is 2.83. The van der Waals surface area contributed by atoms with Gasteiger partial charge in [-0.1, -0.05) is 13.8 Å². The zero-order valence-electron chi connectivity index (χ0n) is 15.4. The van der Waals surface area contributed by atoms with Crippen LogP contribution in [0.3, 0.4) is 0 Å². The molecule has 4 aliphatic rings. The van der Waals surface area contributed by atoms with E-state index < -0.39 is 10.4 Å². The van der Waals surface area contributed by atoms with Crippen molar-refractivity contribution in [1.29, 1.82) is 0 Å². The van der Waals surface area contributed by atoms with Gasteiger partial charge in [0.2, 0.25) is 0 Å². The maximum atomic E-state index is 11.3. The Hall–Kier alpha value is -0.170. The van der Waals surface area contributed by atoms with Crippen LogP contribution in [0.5, 0.6) is 0 Å². The third-order valence-corrected chi connectivity index (χ3v) is 9.26. The highest BCUT2D eigenvalue weighted by Crippen LogP contribution is 2.66. The predicted molar refractivity (Wildman–Crippen MR) is 94.2 cm³/mol. The minimum atomic E-state index is -4.39. The molecule has 4 aliphatic carbocycles. The van der Waals surface area contributed by atoms with Crippen LogP contribution in [0.1, 0.15) is 71.6 Å². The molecule has 6 heteroatoms. The van der Waals surface area contributed by atoms with Crippen molar-refractivity contribution in [2.45, 2.75) is 83.8 Å². The Labute approximate surface area is 151 Å². The van der Waals surface area contributed by atoms with E-state index in [-0.39, 0.29) is 17.6 Å². The summed E-state index contributed by atoms with van der Waals surface area (Å²) in [6.45, 7) is 4.62. The topological polar surface area (TPSA) is 83.8 Å². The molecule has 0 aromatic carbocycles. The third kappa shape index (κ3) is 2.88. The summed E-state index contributed by atoms with van der Waals surface area (Å²) in [5.41, 5.74) is 0.180. The van der Waals surface area contributed by atoms with Crippen molar-refractivity contribution in [1.82, 2.24) is 0 Å². The van der Waals surface area contributed by atoms with E-state index >= 15 is 0 Å². The van der Waals surface area contributed by atoms with Crippen LogP contribution < -0.4 is 0 Å². The van der Waals surface area contributed by atoms with Crippen LogP contribution in [0.15, 0.2) is 0 Å². The van der Waals surface area contributed by atoms with Crippen LogP contribution in [-0.4, -0.2) is 30.3 Å². The van der Waals surface area contributed by atoms with Crippen molar-refractivity contribution in [3.63, 3.8) is 0 Å². The van der Waals surface area contributed by atoms with Crippen LogP contribution in [0.2, 0.25) is 0 Å². The average molecular weight is 373 g/mol. The number of aliphatic hydroxyl groups excluding tert-OH is 1. The SMILES string of the molecule is C[C@]12CC[C@H](O)C[C@H]1CC[C@H]1[C@H]3CC[C@H](OS(=O)(=O)O)[C@@]3(C)CC[C@@H]12. The molecule has 4 fully saturated rings. The zero-order chi connectivity index (χ0) is 18.0. The number of rotatable bonds is 2. The maximum absolute atomic E-state index is 11.3. The summed E-state index contributed by atoms with van der Waals surface area (Å²) in [6, 6.07) is 0. The molecular formula is C19H32O5S. The summed E-state index contributed by atoms with van der Waals surface area (Å²) < 4.78 is 36.8. The van der Waals surface area contributed by atoms with Crippen molar-refractivity contribution in [2.75, 3.05) is 0 Å². The van der Waals surface area contributed by atoms with Gasteiger partial charge in [-0.3, -0.25) is 4.55 Å². The number of hydrogen-bond acceptors (Lipinski definition) is 4. The van der Waals surface area contributed by atoms with Gasteiger partial charge in [-0.2, -0.15) is 8.42 Å². The fourth-order valence-corrected chi connectivity index (χ4v) is 8.10. The molecule has 0 amide bonds. The standard InChI is InChI=1S/C19H32O5S/c1-18-9-7-13(20)11-12(18)3-4-14-15-5-6-17(24-25(21,22)23)19(15,2)10-8-16(14)18/h12-17,20H,3-11H2,1-2H3,(H,21,22,23)/t12-,13+,14+,15-,16+,17+,18+,19+/m1/s1. The van der Waals surface area contributed by atoms with Gasteiger partial charge in [0.05, 0.1) is 12.2 Å². The summed E-state index contributed by atoms with van der Waals surface area (Å²) in [5.74, 6) is 2.43. The first kappa shape index (κ1) is 18.2. The van der Waals surface area contributed by atoms with Crippen LogP contribution >= 0.6 is 0 Å². The van der Waals surface area contributed by atoms with E-state index in [2.05, 4.69) is 13.8 Å². The molecule has 25 heavy (non-hydrogen) atoms. The Bertz CT molecular complexity index is 634. The van der Waals surface area contributed by atoms with Crippen LogP contribution in [0.25, 0.3) is 0 Å². The molecule has 8 atom stereocenters. The lowest BCUT2D eigenvalue weighted by Crippen LogP contribution is -2.54. The van der Waals surface area contributed by atoms with E-state index in [0.717, 1.165) is 44.9 Å². The highest BCUT2D eigenvalue weighted by atomic mass is 32.3. The van der Waals surface area contributed by atoms with Crippen molar-refractivity contribution < 1.29 is 22.3 Å². The second-order valence-electron chi connectivity index (χ2n) is 9.72. The summed E-state index contributed by atoms with van der Waals surface area (Å²) in [7, 11) is -4.39. The lowest BCUT2D eigenvalue weighted by Gasteiger charge is -2.60. The molecule has 4 saturated carbocycles. The monoisotopic (exact) mass is 372 g/mol. The predicted octanol–water partition coefficient (Wildman–Crippen LogP) is 3.58. The lowest BCUT2D eigenvalue weighted by atomic mass is 9.45. The first-order chi connectivity index (χ1) is 11.6. The Kier molecular flexibility index (Phi) is 4.31. The van der Waals surface area contributed by atoms with Gasteiger partial charge in [0, 0.05) is 0 Å². The van der Waals surface area contributed by atoms with Gasteiger partial charge in [0.1, 0.15) is 0 Å². The Morgan fingerprint density at radius 3 is 2.32 bits per heavy atom. The molecule has 0 aromatic heterocycles. The van der Waals surface area contributed by atoms with E-state index in [9.17, 15) is 13.5 Å². The minimum Gasteiger partial charge on any atom is -0.393 e. The molecule has 0 heterocycles. The third-order valence-electron chi connectivity index (χ3n) is 8.79. The Morgan fingerprint density at radius 2 is 1.60 bits per heavy atom. The van der Waals surface area contributed by atoms with Crippen LogP contribution in [0, 0.1) is 34.5 Å².